The summed E-state index contributed by atoms with van der Waals surface area (Å²) in [6, 6.07) is 11.5. The van der Waals surface area contributed by atoms with Crippen molar-refractivity contribution in [3.8, 4) is 0 Å². The lowest BCUT2D eigenvalue weighted by Crippen LogP contribution is -3.28. The first-order valence-corrected chi connectivity index (χ1v) is 9.64. The number of halogens is 4. The van der Waals surface area contributed by atoms with Crippen molar-refractivity contribution in [3.63, 3.8) is 0 Å². The van der Waals surface area contributed by atoms with Gasteiger partial charge in [-0.1, -0.05) is 24.3 Å². The van der Waals surface area contributed by atoms with Gasteiger partial charge in [-0.15, -0.1) is 0 Å². The second-order valence-corrected chi connectivity index (χ2v) is 7.45. The number of piperazine rings is 1. The fourth-order valence-electron chi connectivity index (χ4n) is 3.55. The van der Waals surface area contributed by atoms with Crippen LogP contribution in [0.15, 0.2) is 48.5 Å². The van der Waals surface area contributed by atoms with E-state index in [9.17, 15) is 22.4 Å². The summed E-state index contributed by atoms with van der Waals surface area (Å²) in [5, 5.41) is 2.84. The highest BCUT2D eigenvalue weighted by atomic mass is 19.4. The summed E-state index contributed by atoms with van der Waals surface area (Å²) in [5.74, 6) is -0.374. The van der Waals surface area contributed by atoms with Gasteiger partial charge in [0.05, 0.1) is 5.56 Å². The molecular weight excluding hydrogens is 386 g/mol. The van der Waals surface area contributed by atoms with E-state index in [1.54, 1.807) is 18.2 Å². The molecule has 1 amide bonds. The SMILES string of the molecule is O=C(C[NH+]1CC[NH+](Cc2cccc(C(F)(F)F)c2)CC1)NCc1ccc(F)cc1. The van der Waals surface area contributed by atoms with Crippen LogP contribution < -0.4 is 15.1 Å². The molecular formula is C21H25F4N3O+2. The lowest BCUT2D eigenvalue weighted by Gasteiger charge is -2.29. The molecule has 0 radical (unpaired) electrons. The molecule has 1 aliphatic heterocycles. The minimum atomic E-state index is -4.32. The van der Waals surface area contributed by atoms with Crippen molar-refractivity contribution in [2.45, 2.75) is 19.3 Å². The van der Waals surface area contributed by atoms with Crippen molar-refractivity contribution in [3.05, 3.63) is 71.0 Å². The lowest BCUT2D eigenvalue weighted by molar-refractivity contribution is -1.02. The Labute approximate surface area is 167 Å². The van der Waals surface area contributed by atoms with E-state index in [1.165, 1.54) is 29.2 Å². The Morgan fingerprint density at radius 3 is 2.24 bits per heavy atom. The Kier molecular flexibility index (Phi) is 6.87. The maximum Gasteiger partial charge on any atom is 0.416 e. The van der Waals surface area contributed by atoms with Crippen LogP contribution in [0.5, 0.6) is 0 Å². The van der Waals surface area contributed by atoms with Gasteiger partial charge in [0.1, 0.15) is 38.5 Å². The average molecular weight is 411 g/mol. The molecule has 0 saturated carbocycles. The molecule has 1 fully saturated rings. The maximum atomic E-state index is 12.9. The van der Waals surface area contributed by atoms with E-state index in [4.69, 9.17) is 0 Å². The van der Waals surface area contributed by atoms with Crippen LogP contribution >= 0.6 is 0 Å². The molecule has 3 rings (SSSR count). The molecule has 1 saturated heterocycles. The van der Waals surface area contributed by atoms with Crippen molar-refractivity contribution in [2.75, 3.05) is 32.7 Å². The standard InChI is InChI=1S/C21H23F4N3O/c22-19-6-4-16(5-7-19)13-26-20(29)15-28-10-8-27(9-11-28)14-17-2-1-3-18(12-17)21(23,24)25/h1-7,12H,8-11,13-15H2,(H,26,29)/p+2. The second-order valence-electron chi connectivity index (χ2n) is 7.45. The average Bonchev–Trinajstić information content (AvgIpc) is 2.69. The number of carbonyl (C=O) groups excluding carboxylic acids is 1. The van der Waals surface area contributed by atoms with E-state index in [-0.39, 0.29) is 11.7 Å². The van der Waals surface area contributed by atoms with Crippen molar-refractivity contribution in [2.24, 2.45) is 0 Å². The van der Waals surface area contributed by atoms with Gasteiger partial charge in [-0.25, -0.2) is 4.39 Å². The Bertz CT molecular complexity index is 815. The molecule has 0 aromatic heterocycles. The fourth-order valence-corrected chi connectivity index (χ4v) is 3.55. The molecule has 0 atom stereocenters. The molecule has 0 unspecified atom stereocenters. The third-order valence-corrected chi connectivity index (χ3v) is 5.19. The van der Waals surface area contributed by atoms with Gasteiger partial charge in [0.25, 0.3) is 5.91 Å². The zero-order chi connectivity index (χ0) is 20.9. The summed E-state index contributed by atoms with van der Waals surface area (Å²) >= 11 is 0. The van der Waals surface area contributed by atoms with Crippen molar-refractivity contribution in [1.82, 2.24) is 5.32 Å². The third-order valence-electron chi connectivity index (χ3n) is 5.19. The van der Waals surface area contributed by atoms with Crippen LogP contribution in [-0.4, -0.2) is 38.6 Å². The predicted molar refractivity (Wildman–Crippen MR) is 99.7 cm³/mol. The van der Waals surface area contributed by atoms with Crippen LogP contribution in [0.25, 0.3) is 0 Å². The number of amides is 1. The summed E-state index contributed by atoms with van der Waals surface area (Å²) in [7, 11) is 0. The normalized spacial score (nSPS) is 19.7. The van der Waals surface area contributed by atoms with Gasteiger partial charge in [-0.3, -0.25) is 4.79 Å². The first-order valence-electron chi connectivity index (χ1n) is 9.64. The molecule has 3 N–H and O–H groups in total. The lowest BCUT2D eigenvalue weighted by atomic mass is 10.1. The van der Waals surface area contributed by atoms with Crippen LogP contribution in [0.1, 0.15) is 16.7 Å². The molecule has 29 heavy (non-hydrogen) atoms. The molecule has 2 aromatic rings. The quantitative estimate of drug-likeness (QED) is 0.594. The van der Waals surface area contributed by atoms with Gasteiger partial charge in [-0.05, 0) is 29.8 Å². The molecule has 0 spiro atoms. The zero-order valence-electron chi connectivity index (χ0n) is 16.0. The summed E-state index contributed by atoms with van der Waals surface area (Å²) in [6.45, 7) is 4.45. The second kappa shape index (κ2) is 9.37. The van der Waals surface area contributed by atoms with Crippen LogP contribution in [-0.2, 0) is 24.1 Å². The van der Waals surface area contributed by atoms with Crippen LogP contribution in [0.2, 0.25) is 0 Å². The number of hydrogen-bond donors (Lipinski definition) is 3. The number of alkyl halides is 3. The summed E-state index contributed by atoms with van der Waals surface area (Å²) in [6.07, 6.45) is -4.32. The van der Waals surface area contributed by atoms with E-state index in [0.29, 0.717) is 25.2 Å². The molecule has 1 heterocycles. The summed E-state index contributed by atoms with van der Waals surface area (Å²) in [5.41, 5.74) is 0.900. The van der Waals surface area contributed by atoms with E-state index >= 15 is 0 Å². The summed E-state index contributed by atoms with van der Waals surface area (Å²) < 4.78 is 51.4. The van der Waals surface area contributed by atoms with Crippen molar-refractivity contribution in [1.29, 1.82) is 0 Å². The van der Waals surface area contributed by atoms with Gasteiger partial charge in [0, 0.05) is 12.1 Å². The smallest absolute Gasteiger partial charge is 0.347 e. The molecule has 1 aliphatic rings. The van der Waals surface area contributed by atoms with Gasteiger partial charge >= 0.3 is 6.18 Å². The Hall–Kier alpha value is -2.45. The zero-order valence-corrected chi connectivity index (χ0v) is 16.0. The first kappa shape index (κ1) is 21.3. The predicted octanol–water partition coefficient (Wildman–Crippen LogP) is 0.444. The number of benzene rings is 2. The summed E-state index contributed by atoms with van der Waals surface area (Å²) in [4.78, 5) is 14.5. The minimum absolute atomic E-state index is 0.0642. The topological polar surface area (TPSA) is 38.0 Å². The van der Waals surface area contributed by atoms with Gasteiger partial charge in [0.15, 0.2) is 6.54 Å². The monoisotopic (exact) mass is 411 g/mol. The Morgan fingerprint density at radius 2 is 1.59 bits per heavy atom. The number of quaternary nitrogens is 2. The van der Waals surface area contributed by atoms with Crippen LogP contribution in [0, 0.1) is 5.82 Å². The largest absolute Gasteiger partial charge is 0.416 e. The van der Waals surface area contributed by atoms with Gasteiger partial charge in [0.2, 0.25) is 0 Å². The first-order chi connectivity index (χ1) is 13.8. The number of hydrogen-bond acceptors (Lipinski definition) is 1. The fraction of sp³-hybridized carbons (Fsp3) is 0.381. The maximum absolute atomic E-state index is 12.9. The highest BCUT2D eigenvalue weighted by Gasteiger charge is 2.31. The molecule has 2 aromatic carbocycles. The number of carbonyl (C=O) groups is 1. The molecule has 0 aliphatic carbocycles. The van der Waals surface area contributed by atoms with Crippen LogP contribution in [0.4, 0.5) is 17.6 Å². The molecule has 8 heteroatoms. The Morgan fingerprint density at radius 1 is 0.931 bits per heavy atom. The molecule has 0 bridgehead atoms. The van der Waals surface area contributed by atoms with E-state index < -0.39 is 11.7 Å². The van der Waals surface area contributed by atoms with Crippen LogP contribution in [0.3, 0.4) is 0 Å². The highest BCUT2D eigenvalue weighted by Crippen LogP contribution is 2.29. The third kappa shape index (κ3) is 6.54. The van der Waals surface area contributed by atoms with E-state index in [1.807, 2.05) is 0 Å². The number of rotatable bonds is 6. The molecule has 156 valence electrons. The van der Waals surface area contributed by atoms with E-state index in [2.05, 4.69) is 5.32 Å². The van der Waals surface area contributed by atoms with E-state index in [0.717, 1.165) is 42.7 Å². The minimum Gasteiger partial charge on any atom is -0.347 e. The highest BCUT2D eigenvalue weighted by molar-refractivity contribution is 5.76. The van der Waals surface area contributed by atoms with Crippen molar-refractivity contribution < 1.29 is 32.2 Å². The number of nitrogens with one attached hydrogen (secondary N) is 3. The van der Waals surface area contributed by atoms with Gasteiger partial charge < -0.3 is 15.1 Å². The van der Waals surface area contributed by atoms with Crippen molar-refractivity contribution >= 4 is 5.91 Å². The Balaban J connectivity index is 1.41. The molecule has 4 nitrogen and oxygen atoms in total. The van der Waals surface area contributed by atoms with Gasteiger partial charge in [-0.2, -0.15) is 13.2 Å².